The van der Waals surface area contributed by atoms with Crippen molar-refractivity contribution < 1.29 is 14.6 Å². The van der Waals surface area contributed by atoms with Crippen LogP contribution in [0.5, 0.6) is 17.2 Å². The molecular weight excluding hydrogens is 312 g/mol. The summed E-state index contributed by atoms with van der Waals surface area (Å²) in [6, 6.07) is 21.4. The van der Waals surface area contributed by atoms with Gasteiger partial charge in [-0.25, -0.2) is 0 Å². The van der Waals surface area contributed by atoms with E-state index in [2.05, 4.69) is 25.1 Å². The molecular formula is C22H22O3. The zero-order chi connectivity index (χ0) is 17.6. The summed E-state index contributed by atoms with van der Waals surface area (Å²) in [5.74, 6) is 1.14. The molecule has 0 saturated heterocycles. The first-order valence-electron chi connectivity index (χ1n) is 8.30. The van der Waals surface area contributed by atoms with Crippen LogP contribution < -0.4 is 9.47 Å². The highest BCUT2D eigenvalue weighted by Gasteiger charge is 2.06. The summed E-state index contributed by atoms with van der Waals surface area (Å²) < 4.78 is 11.5. The van der Waals surface area contributed by atoms with Crippen molar-refractivity contribution in [2.45, 2.75) is 27.1 Å². The molecule has 3 nitrogen and oxygen atoms in total. The van der Waals surface area contributed by atoms with Crippen LogP contribution in [0.2, 0.25) is 0 Å². The van der Waals surface area contributed by atoms with E-state index in [-0.39, 0.29) is 5.75 Å². The van der Waals surface area contributed by atoms with E-state index in [1.807, 2.05) is 37.3 Å². The van der Waals surface area contributed by atoms with Crippen LogP contribution in [0.15, 0.2) is 66.7 Å². The Labute approximate surface area is 148 Å². The van der Waals surface area contributed by atoms with Crippen molar-refractivity contribution in [1.29, 1.82) is 0 Å². The molecule has 0 unspecified atom stereocenters. The molecule has 0 amide bonds. The van der Waals surface area contributed by atoms with Crippen LogP contribution in [0.25, 0.3) is 0 Å². The van der Waals surface area contributed by atoms with Gasteiger partial charge in [0, 0.05) is 6.07 Å². The second-order valence-electron chi connectivity index (χ2n) is 6.18. The predicted molar refractivity (Wildman–Crippen MR) is 99.1 cm³/mol. The molecule has 3 heteroatoms. The molecule has 0 bridgehead atoms. The van der Waals surface area contributed by atoms with Crippen LogP contribution in [-0.2, 0) is 13.2 Å². The minimum Gasteiger partial charge on any atom is -0.504 e. The van der Waals surface area contributed by atoms with Gasteiger partial charge in [-0.3, -0.25) is 0 Å². The largest absolute Gasteiger partial charge is 0.504 e. The molecule has 0 heterocycles. The zero-order valence-corrected chi connectivity index (χ0v) is 14.5. The van der Waals surface area contributed by atoms with Crippen LogP contribution in [-0.4, -0.2) is 5.11 Å². The molecule has 0 aromatic heterocycles. The molecule has 128 valence electrons. The van der Waals surface area contributed by atoms with E-state index in [4.69, 9.17) is 9.47 Å². The van der Waals surface area contributed by atoms with Gasteiger partial charge in [-0.1, -0.05) is 59.7 Å². The number of rotatable bonds is 6. The first-order valence-corrected chi connectivity index (χ1v) is 8.30. The highest BCUT2D eigenvalue weighted by Crippen LogP contribution is 2.31. The van der Waals surface area contributed by atoms with Crippen LogP contribution in [0, 0.1) is 13.8 Å². The Morgan fingerprint density at radius 3 is 1.88 bits per heavy atom. The molecule has 0 spiro atoms. The Morgan fingerprint density at radius 1 is 0.720 bits per heavy atom. The minimum absolute atomic E-state index is 0.0781. The van der Waals surface area contributed by atoms with Gasteiger partial charge in [0.1, 0.15) is 19.0 Å². The zero-order valence-electron chi connectivity index (χ0n) is 14.5. The normalized spacial score (nSPS) is 10.5. The molecule has 1 N–H and O–H groups in total. The monoisotopic (exact) mass is 334 g/mol. The molecule has 0 aliphatic heterocycles. The molecule has 0 aliphatic carbocycles. The second-order valence-corrected chi connectivity index (χ2v) is 6.18. The number of phenolic OH excluding ortho intramolecular Hbond substituents is 1. The quantitative estimate of drug-likeness (QED) is 0.676. The SMILES string of the molecule is Cc1cccc(COc2ccc(OCc3cccc(C)c3)c(O)c2)c1. The van der Waals surface area contributed by atoms with Crippen molar-refractivity contribution in [3.8, 4) is 17.2 Å². The van der Waals surface area contributed by atoms with Crippen molar-refractivity contribution >= 4 is 0 Å². The first-order chi connectivity index (χ1) is 12.1. The number of hydrogen-bond donors (Lipinski definition) is 1. The summed E-state index contributed by atoms with van der Waals surface area (Å²) in [4.78, 5) is 0. The van der Waals surface area contributed by atoms with E-state index in [1.165, 1.54) is 11.1 Å². The van der Waals surface area contributed by atoms with E-state index < -0.39 is 0 Å². The van der Waals surface area contributed by atoms with Gasteiger partial charge in [-0.05, 0) is 37.1 Å². The van der Waals surface area contributed by atoms with Gasteiger partial charge >= 0.3 is 0 Å². The highest BCUT2D eigenvalue weighted by atomic mass is 16.5. The third-order valence-electron chi connectivity index (χ3n) is 3.90. The van der Waals surface area contributed by atoms with E-state index in [0.29, 0.717) is 24.7 Å². The number of ether oxygens (including phenoxy) is 2. The Bertz CT molecular complexity index is 855. The summed E-state index contributed by atoms with van der Waals surface area (Å²) in [5, 5.41) is 10.2. The first kappa shape index (κ1) is 16.9. The van der Waals surface area contributed by atoms with Crippen LogP contribution in [0.1, 0.15) is 22.3 Å². The van der Waals surface area contributed by atoms with Gasteiger partial charge in [0.05, 0.1) is 0 Å². The standard InChI is InChI=1S/C22H22O3/c1-16-5-3-7-18(11-16)14-24-20-9-10-22(21(23)13-20)25-15-19-8-4-6-17(2)12-19/h3-13,23H,14-15H2,1-2H3. The van der Waals surface area contributed by atoms with E-state index >= 15 is 0 Å². The van der Waals surface area contributed by atoms with E-state index in [9.17, 15) is 5.11 Å². The predicted octanol–water partition coefficient (Wildman–Crippen LogP) is 5.17. The topological polar surface area (TPSA) is 38.7 Å². The van der Waals surface area contributed by atoms with E-state index in [0.717, 1.165) is 11.1 Å². The lowest BCUT2D eigenvalue weighted by Gasteiger charge is -2.11. The van der Waals surface area contributed by atoms with Crippen molar-refractivity contribution in [3.63, 3.8) is 0 Å². The minimum atomic E-state index is 0.0781. The molecule has 0 radical (unpaired) electrons. The Kier molecular flexibility index (Phi) is 5.24. The van der Waals surface area contributed by atoms with Crippen LogP contribution in [0.3, 0.4) is 0 Å². The lowest BCUT2D eigenvalue weighted by Crippen LogP contribution is -1.98. The van der Waals surface area contributed by atoms with Crippen molar-refractivity contribution in [1.82, 2.24) is 0 Å². The number of benzene rings is 3. The molecule has 0 fully saturated rings. The maximum absolute atomic E-state index is 10.2. The van der Waals surface area contributed by atoms with Crippen molar-refractivity contribution in [3.05, 3.63) is 89.0 Å². The lowest BCUT2D eigenvalue weighted by molar-refractivity contribution is 0.282. The molecule has 25 heavy (non-hydrogen) atoms. The molecule has 0 saturated carbocycles. The maximum atomic E-state index is 10.2. The average molecular weight is 334 g/mol. The Balaban J connectivity index is 1.60. The Hall–Kier alpha value is -2.94. The fourth-order valence-corrected chi connectivity index (χ4v) is 2.64. The van der Waals surface area contributed by atoms with Crippen LogP contribution >= 0.6 is 0 Å². The Morgan fingerprint density at radius 2 is 1.32 bits per heavy atom. The third kappa shape index (κ3) is 4.77. The summed E-state index contributed by atoms with van der Waals surface area (Å²) >= 11 is 0. The van der Waals surface area contributed by atoms with Gasteiger partial charge in [0.25, 0.3) is 0 Å². The number of phenols is 1. The molecule has 3 aromatic carbocycles. The number of aromatic hydroxyl groups is 1. The van der Waals surface area contributed by atoms with Gasteiger partial charge in [0.2, 0.25) is 0 Å². The summed E-state index contributed by atoms with van der Waals surface area (Å²) in [6.07, 6.45) is 0. The summed E-state index contributed by atoms with van der Waals surface area (Å²) in [5.41, 5.74) is 4.55. The second kappa shape index (κ2) is 7.75. The fraction of sp³-hybridized carbons (Fsp3) is 0.182. The van der Waals surface area contributed by atoms with Gasteiger partial charge in [-0.2, -0.15) is 0 Å². The highest BCUT2D eigenvalue weighted by molar-refractivity contribution is 5.44. The van der Waals surface area contributed by atoms with Crippen LogP contribution in [0.4, 0.5) is 0 Å². The third-order valence-corrected chi connectivity index (χ3v) is 3.90. The van der Waals surface area contributed by atoms with E-state index in [1.54, 1.807) is 18.2 Å². The molecule has 3 aromatic rings. The molecule has 3 rings (SSSR count). The van der Waals surface area contributed by atoms with Gasteiger partial charge in [0.15, 0.2) is 11.5 Å². The fourth-order valence-electron chi connectivity index (χ4n) is 2.64. The van der Waals surface area contributed by atoms with Gasteiger partial charge in [-0.15, -0.1) is 0 Å². The summed E-state index contributed by atoms with van der Waals surface area (Å²) in [7, 11) is 0. The molecule has 0 atom stereocenters. The summed E-state index contributed by atoms with van der Waals surface area (Å²) in [6.45, 7) is 4.97. The van der Waals surface area contributed by atoms with Crippen molar-refractivity contribution in [2.24, 2.45) is 0 Å². The molecule has 0 aliphatic rings. The maximum Gasteiger partial charge on any atom is 0.161 e. The van der Waals surface area contributed by atoms with Crippen molar-refractivity contribution in [2.75, 3.05) is 0 Å². The average Bonchev–Trinajstić information content (AvgIpc) is 2.59. The number of aryl methyl sites for hydroxylation is 2. The lowest BCUT2D eigenvalue weighted by atomic mass is 10.1. The van der Waals surface area contributed by atoms with Gasteiger partial charge < -0.3 is 14.6 Å². The number of hydrogen-bond acceptors (Lipinski definition) is 3. The smallest absolute Gasteiger partial charge is 0.161 e.